The molecule has 2 unspecified atom stereocenters. The zero-order chi connectivity index (χ0) is 11.1. The quantitative estimate of drug-likeness (QED) is 0.674. The summed E-state index contributed by atoms with van der Waals surface area (Å²) in [7, 11) is 1.76. The van der Waals surface area contributed by atoms with Gasteiger partial charge in [-0.3, -0.25) is 4.79 Å². The molecule has 0 aromatic heterocycles. The minimum Gasteiger partial charge on any atom is -0.466 e. The molecule has 0 saturated heterocycles. The lowest BCUT2D eigenvalue weighted by Gasteiger charge is -2.12. The second kappa shape index (κ2) is 6.80. The van der Waals surface area contributed by atoms with E-state index < -0.39 is 0 Å². The fourth-order valence-electron chi connectivity index (χ4n) is 1.95. The average Bonchev–Trinajstić information content (AvgIpc) is 2.66. The van der Waals surface area contributed by atoms with Crippen LogP contribution in [0, 0.1) is 0 Å². The molecule has 15 heavy (non-hydrogen) atoms. The number of esters is 1. The fraction of sp³-hybridized carbons (Fsp3) is 0.909. The van der Waals surface area contributed by atoms with Crippen LogP contribution in [0.15, 0.2) is 0 Å². The molecule has 88 valence electrons. The van der Waals surface area contributed by atoms with Crippen LogP contribution in [0.25, 0.3) is 0 Å². The van der Waals surface area contributed by atoms with E-state index in [2.05, 4.69) is 5.32 Å². The summed E-state index contributed by atoms with van der Waals surface area (Å²) in [5.41, 5.74) is 0. The minimum absolute atomic E-state index is 0.119. The standard InChI is InChI=1S/C11H21NO3/c1-3-15-11(13)6-7-12-9-4-5-10(8-9)14-2/h9-10,12H,3-8H2,1-2H3. The molecule has 4 heteroatoms. The molecule has 1 aliphatic carbocycles. The summed E-state index contributed by atoms with van der Waals surface area (Å²) in [6, 6.07) is 0.504. The zero-order valence-electron chi connectivity index (χ0n) is 9.62. The smallest absolute Gasteiger partial charge is 0.307 e. The van der Waals surface area contributed by atoms with Crippen molar-refractivity contribution in [1.29, 1.82) is 0 Å². The first-order valence-electron chi connectivity index (χ1n) is 5.68. The maximum absolute atomic E-state index is 11.1. The highest BCUT2D eigenvalue weighted by Crippen LogP contribution is 2.21. The van der Waals surface area contributed by atoms with Gasteiger partial charge in [0.25, 0.3) is 0 Å². The van der Waals surface area contributed by atoms with E-state index in [0.29, 0.717) is 31.7 Å². The summed E-state index contributed by atoms with van der Waals surface area (Å²) in [5.74, 6) is -0.119. The van der Waals surface area contributed by atoms with Gasteiger partial charge in [0.1, 0.15) is 0 Å². The van der Waals surface area contributed by atoms with E-state index in [1.807, 2.05) is 6.92 Å². The van der Waals surface area contributed by atoms with Crippen molar-refractivity contribution in [2.45, 2.75) is 44.8 Å². The third kappa shape index (κ3) is 4.62. The molecule has 1 saturated carbocycles. The van der Waals surface area contributed by atoms with Crippen LogP contribution in [-0.2, 0) is 14.3 Å². The Morgan fingerprint density at radius 3 is 2.87 bits per heavy atom. The van der Waals surface area contributed by atoms with Gasteiger partial charge in [-0.05, 0) is 26.2 Å². The van der Waals surface area contributed by atoms with E-state index in [1.54, 1.807) is 7.11 Å². The molecule has 1 aliphatic rings. The van der Waals surface area contributed by atoms with E-state index in [4.69, 9.17) is 9.47 Å². The van der Waals surface area contributed by atoms with Crippen molar-refractivity contribution in [3.63, 3.8) is 0 Å². The number of carbonyl (C=O) groups is 1. The first-order chi connectivity index (χ1) is 7.26. The van der Waals surface area contributed by atoms with Crippen LogP contribution in [0.4, 0.5) is 0 Å². The lowest BCUT2D eigenvalue weighted by atomic mass is 10.2. The second-order valence-electron chi connectivity index (χ2n) is 3.88. The molecule has 2 atom stereocenters. The van der Waals surface area contributed by atoms with E-state index in [-0.39, 0.29) is 5.97 Å². The van der Waals surface area contributed by atoms with Crippen LogP contribution in [0.2, 0.25) is 0 Å². The van der Waals surface area contributed by atoms with Gasteiger partial charge in [-0.25, -0.2) is 0 Å². The van der Waals surface area contributed by atoms with Crippen LogP contribution >= 0.6 is 0 Å². The van der Waals surface area contributed by atoms with E-state index in [9.17, 15) is 4.79 Å². The molecule has 4 nitrogen and oxygen atoms in total. The minimum atomic E-state index is -0.119. The molecule has 0 amide bonds. The number of hydrogen-bond donors (Lipinski definition) is 1. The summed E-state index contributed by atoms with van der Waals surface area (Å²) < 4.78 is 10.1. The highest BCUT2D eigenvalue weighted by molar-refractivity contribution is 5.69. The summed E-state index contributed by atoms with van der Waals surface area (Å²) in [4.78, 5) is 11.1. The van der Waals surface area contributed by atoms with Crippen LogP contribution in [-0.4, -0.2) is 38.4 Å². The largest absolute Gasteiger partial charge is 0.466 e. The molecular weight excluding hydrogens is 194 g/mol. The van der Waals surface area contributed by atoms with Crippen molar-refractivity contribution in [3.05, 3.63) is 0 Å². The number of hydrogen-bond acceptors (Lipinski definition) is 4. The van der Waals surface area contributed by atoms with E-state index >= 15 is 0 Å². The molecule has 1 N–H and O–H groups in total. The summed E-state index contributed by atoms with van der Waals surface area (Å²) in [5, 5.41) is 3.35. The maximum Gasteiger partial charge on any atom is 0.307 e. The Balaban J connectivity index is 2.03. The molecule has 1 rings (SSSR count). The molecule has 0 spiro atoms. The monoisotopic (exact) mass is 215 g/mol. The van der Waals surface area contributed by atoms with Gasteiger partial charge in [-0.2, -0.15) is 0 Å². The molecule has 0 bridgehead atoms. The third-order valence-electron chi connectivity index (χ3n) is 2.79. The lowest BCUT2D eigenvalue weighted by molar-refractivity contribution is -0.143. The number of ether oxygens (including phenoxy) is 2. The van der Waals surface area contributed by atoms with Crippen LogP contribution < -0.4 is 5.32 Å². The van der Waals surface area contributed by atoms with Gasteiger partial charge in [0.2, 0.25) is 0 Å². The van der Waals surface area contributed by atoms with Gasteiger partial charge < -0.3 is 14.8 Å². The maximum atomic E-state index is 11.1. The molecule has 0 aromatic rings. The number of rotatable bonds is 6. The third-order valence-corrected chi connectivity index (χ3v) is 2.79. The Morgan fingerprint density at radius 2 is 2.27 bits per heavy atom. The Bertz CT molecular complexity index is 196. The van der Waals surface area contributed by atoms with Crippen molar-refractivity contribution in [1.82, 2.24) is 5.32 Å². The van der Waals surface area contributed by atoms with Crippen molar-refractivity contribution >= 4 is 5.97 Å². The number of methoxy groups -OCH3 is 1. The summed E-state index contributed by atoms with van der Waals surface area (Å²) in [6.07, 6.45) is 4.17. The van der Waals surface area contributed by atoms with E-state index in [0.717, 1.165) is 19.3 Å². The fourth-order valence-corrected chi connectivity index (χ4v) is 1.95. The van der Waals surface area contributed by atoms with Gasteiger partial charge in [-0.15, -0.1) is 0 Å². The Morgan fingerprint density at radius 1 is 1.47 bits per heavy atom. The first kappa shape index (κ1) is 12.5. The Labute approximate surface area is 91.3 Å². The predicted molar refractivity (Wildman–Crippen MR) is 57.7 cm³/mol. The SMILES string of the molecule is CCOC(=O)CCNC1CCC(OC)C1. The Hall–Kier alpha value is -0.610. The summed E-state index contributed by atoms with van der Waals surface area (Å²) >= 11 is 0. The van der Waals surface area contributed by atoms with Crippen molar-refractivity contribution < 1.29 is 14.3 Å². The summed E-state index contributed by atoms with van der Waals surface area (Å²) in [6.45, 7) is 3.00. The molecule has 0 radical (unpaired) electrons. The van der Waals surface area contributed by atoms with Crippen LogP contribution in [0.5, 0.6) is 0 Å². The lowest BCUT2D eigenvalue weighted by Crippen LogP contribution is -2.29. The molecule has 0 heterocycles. The van der Waals surface area contributed by atoms with Gasteiger partial charge in [-0.1, -0.05) is 0 Å². The highest BCUT2D eigenvalue weighted by Gasteiger charge is 2.23. The number of carbonyl (C=O) groups excluding carboxylic acids is 1. The van der Waals surface area contributed by atoms with E-state index in [1.165, 1.54) is 0 Å². The molecule has 1 fully saturated rings. The Kier molecular flexibility index (Phi) is 5.65. The second-order valence-corrected chi connectivity index (χ2v) is 3.88. The van der Waals surface area contributed by atoms with Gasteiger partial charge >= 0.3 is 5.97 Å². The van der Waals surface area contributed by atoms with Gasteiger partial charge in [0, 0.05) is 19.7 Å². The molecule has 0 aliphatic heterocycles. The van der Waals surface area contributed by atoms with Crippen LogP contribution in [0.1, 0.15) is 32.6 Å². The zero-order valence-corrected chi connectivity index (χ0v) is 9.62. The van der Waals surface area contributed by atoms with Crippen molar-refractivity contribution in [2.75, 3.05) is 20.3 Å². The number of nitrogens with one attached hydrogen (secondary N) is 1. The van der Waals surface area contributed by atoms with Crippen molar-refractivity contribution in [2.24, 2.45) is 0 Å². The predicted octanol–water partition coefficient (Wildman–Crippen LogP) is 1.10. The highest BCUT2D eigenvalue weighted by atomic mass is 16.5. The van der Waals surface area contributed by atoms with Gasteiger partial charge in [0.15, 0.2) is 0 Å². The van der Waals surface area contributed by atoms with Crippen molar-refractivity contribution in [3.8, 4) is 0 Å². The van der Waals surface area contributed by atoms with Crippen LogP contribution in [0.3, 0.4) is 0 Å². The van der Waals surface area contributed by atoms with Gasteiger partial charge in [0.05, 0.1) is 19.1 Å². The molecular formula is C11H21NO3. The topological polar surface area (TPSA) is 47.6 Å². The average molecular weight is 215 g/mol. The normalized spacial score (nSPS) is 25.5. The first-order valence-corrected chi connectivity index (χ1v) is 5.68. The molecule has 0 aromatic carbocycles.